The van der Waals surface area contributed by atoms with E-state index in [2.05, 4.69) is 47.1 Å². The quantitative estimate of drug-likeness (QED) is 0.850. The Morgan fingerprint density at radius 1 is 1.20 bits per heavy atom. The van der Waals surface area contributed by atoms with E-state index in [4.69, 9.17) is 4.74 Å². The Kier molecular flexibility index (Phi) is 3.86. The highest BCUT2D eigenvalue weighted by Crippen LogP contribution is 2.31. The van der Waals surface area contributed by atoms with Crippen LogP contribution in [0.1, 0.15) is 18.9 Å². The molecule has 0 radical (unpaired) electrons. The van der Waals surface area contributed by atoms with Crippen LogP contribution in [0.15, 0.2) is 48.7 Å². The van der Waals surface area contributed by atoms with Gasteiger partial charge in [-0.3, -0.25) is 0 Å². The molecule has 0 aliphatic carbocycles. The third-order valence-electron chi connectivity index (χ3n) is 3.74. The number of pyridine rings is 1. The molecule has 1 unspecified atom stereocenters. The van der Waals surface area contributed by atoms with Crippen LogP contribution in [-0.2, 0) is 6.42 Å². The van der Waals surface area contributed by atoms with Gasteiger partial charge in [-0.05, 0) is 30.5 Å². The number of nitrogens with zero attached hydrogens (tertiary/aromatic N) is 2. The molecule has 0 saturated carbocycles. The highest BCUT2D eigenvalue weighted by molar-refractivity contribution is 5.54. The van der Waals surface area contributed by atoms with E-state index in [0.717, 1.165) is 37.5 Å². The number of aromatic nitrogens is 1. The largest absolute Gasteiger partial charge is 0.485 e. The SMILES string of the molecule is CCC1CN(CCc2ccccc2)c2ncccc2O1. The molecule has 1 aliphatic heterocycles. The predicted octanol–water partition coefficient (Wildman–Crippen LogP) is 3.30. The van der Waals surface area contributed by atoms with Crippen molar-refractivity contribution in [3.8, 4) is 5.75 Å². The topological polar surface area (TPSA) is 25.4 Å². The maximum Gasteiger partial charge on any atom is 0.171 e. The molecule has 20 heavy (non-hydrogen) atoms. The lowest BCUT2D eigenvalue weighted by Gasteiger charge is -2.34. The van der Waals surface area contributed by atoms with Crippen molar-refractivity contribution in [2.75, 3.05) is 18.0 Å². The molecular weight excluding hydrogens is 248 g/mol. The predicted molar refractivity (Wildman–Crippen MR) is 81.3 cm³/mol. The lowest BCUT2D eigenvalue weighted by molar-refractivity contribution is 0.188. The van der Waals surface area contributed by atoms with Gasteiger partial charge in [0.05, 0.1) is 6.54 Å². The number of hydrogen-bond donors (Lipinski definition) is 0. The molecule has 1 aromatic carbocycles. The van der Waals surface area contributed by atoms with Crippen LogP contribution in [0.2, 0.25) is 0 Å². The number of benzene rings is 1. The van der Waals surface area contributed by atoms with Gasteiger partial charge < -0.3 is 9.64 Å². The second kappa shape index (κ2) is 5.95. The van der Waals surface area contributed by atoms with Crippen molar-refractivity contribution < 1.29 is 4.74 Å². The Morgan fingerprint density at radius 2 is 2.05 bits per heavy atom. The Morgan fingerprint density at radius 3 is 2.85 bits per heavy atom. The molecule has 0 saturated heterocycles. The van der Waals surface area contributed by atoms with E-state index in [1.165, 1.54) is 5.56 Å². The summed E-state index contributed by atoms with van der Waals surface area (Å²) in [5.41, 5.74) is 1.37. The molecule has 3 nitrogen and oxygen atoms in total. The summed E-state index contributed by atoms with van der Waals surface area (Å²) in [5.74, 6) is 1.90. The van der Waals surface area contributed by atoms with E-state index >= 15 is 0 Å². The maximum absolute atomic E-state index is 5.96. The van der Waals surface area contributed by atoms with E-state index < -0.39 is 0 Å². The fraction of sp³-hybridized carbons (Fsp3) is 0.353. The molecule has 0 fully saturated rings. The minimum absolute atomic E-state index is 0.266. The third-order valence-corrected chi connectivity index (χ3v) is 3.74. The second-order valence-electron chi connectivity index (χ2n) is 5.15. The number of ether oxygens (including phenoxy) is 1. The van der Waals surface area contributed by atoms with E-state index in [1.54, 1.807) is 0 Å². The molecule has 0 bridgehead atoms. The summed E-state index contributed by atoms with van der Waals surface area (Å²) in [6.07, 6.45) is 4.16. The first-order chi connectivity index (χ1) is 9.86. The van der Waals surface area contributed by atoms with Gasteiger partial charge >= 0.3 is 0 Å². The van der Waals surface area contributed by atoms with Crippen LogP contribution in [0.3, 0.4) is 0 Å². The fourth-order valence-electron chi connectivity index (χ4n) is 2.58. The highest BCUT2D eigenvalue weighted by Gasteiger charge is 2.25. The first-order valence-electron chi connectivity index (χ1n) is 7.27. The number of fused-ring (bicyclic) bond motifs is 1. The summed E-state index contributed by atoms with van der Waals surface area (Å²) in [6, 6.07) is 14.5. The number of hydrogen-bond acceptors (Lipinski definition) is 3. The maximum atomic E-state index is 5.96. The van der Waals surface area contributed by atoms with Crippen LogP contribution in [0.5, 0.6) is 5.75 Å². The van der Waals surface area contributed by atoms with Gasteiger partial charge in [-0.2, -0.15) is 0 Å². The Labute approximate surface area is 120 Å². The van der Waals surface area contributed by atoms with Crippen molar-refractivity contribution in [2.24, 2.45) is 0 Å². The van der Waals surface area contributed by atoms with E-state index in [0.29, 0.717) is 0 Å². The first-order valence-corrected chi connectivity index (χ1v) is 7.27. The van der Waals surface area contributed by atoms with Gasteiger partial charge in [0.1, 0.15) is 6.10 Å². The van der Waals surface area contributed by atoms with Crippen molar-refractivity contribution in [1.29, 1.82) is 0 Å². The molecule has 3 rings (SSSR count). The van der Waals surface area contributed by atoms with E-state index in [1.807, 2.05) is 18.3 Å². The summed E-state index contributed by atoms with van der Waals surface area (Å²) in [5, 5.41) is 0. The summed E-state index contributed by atoms with van der Waals surface area (Å²) < 4.78 is 5.96. The molecule has 0 spiro atoms. The van der Waals surface area contributed by atoms with Gasteiger partial charge in [0.2, 0.25) is 0 Å². The van der Waals surface area contributed by atoms with Gasteiger partial charge in [-0.25, -0.2) is 4.98 Å². The van der Waals surface area contributed by atoms with Crippen LogP contribution in [0.4, 0.5) is 5.82 Å². The zero-order valence-corrected chi connectivity index (χ0v) is 11.8. The molecular formula is C17H20N2O. The highest BCUT2D eigenvalue weighted by atomic mass is 16.5. The molecule has 1 aliphatic rings. The first kappa shape index (κ1) is 13.0. The Hall–Kier alpha value is -2.03. The van der Waals surface area contributed by atoms with E-state index in [9.17, 15) is 0 Å². The molecule has 1 atom stereocenters. The van der Waals surface area contributed by atoms with Crippen LogP contribution < -0.4 is 9.64 Å². The Balaban J connectivity index is 1.75. The van der Waals surface area contributed by atoms with Gasteiger partial charge in [0, 0.05) is 12.7 Å². The average Bonchev–Trinajstić information content (AvgIpc) is 2.53. The molecule has 1 aromatic heterocycles. The molecule has 2 aromatic rings. The normalized spacial score (nSPS) is 17.4. The standard InChI is InChI=1S/C17H20N2O/c1-2-15-13-19(12-10-14-7-4-3-5-8-14)17-16(20-15)9-6-11-18-17/h3-9,11,15H,2,10,12-13H2,1H3. The van der Waals surface area contributed by atoms with Crippen molar-refractivity contribution >= 4 is 5.82 Å². The zero-order chi connectivity index (χ0) is 13.8. The minimum atomic E-state index is 0.266. The summed E-state index contributed by atoms with van der Waals surface area (Å²) in [4.78, 5) is 6.83. The van der Waals surface area contributed by atoms with Crippen molar-refractivity contribution in [3.05, 3.63) is 54.2 Å². The lowest BCUT2D eigenvalue weighted by Crippen LogP contribution is -2.41. The van der Waals surface area contributed by atoms with Crippen molar-refractivity contribution in [2.45, 2.75) is 25.9 Å². The second-order valence-corrected chi connectivity index (χ2v) is 5.15. The smallest absolute Gasteiger partial charge is 0.171 e. The number of anilines is 1. The van der Waals surface area contributed by atoms with Gasteiger partial charge in [-0.1, -0.05) is 37.3 Å². The van der Waals surface area contributed by atoms with E-state index in [-0.39, 0.29) is 6.10 Å². The lowest BCUT2D eigenvalue weighted by atomic mass is 10.1. The summed E-state index contributed by atoms with van der Waals surface area (Å²) >= 11 is 0. The van der Waals surface area contributed by atoms with Crippen LogP contribution in [0.25, 0.3) is 0 Å². The molecule has 3 heteroatoms. The molecule has 2 heterocycles. The Bertz CT molecular complexity index is 556. The van der Waals surface area contributed by atoms with Crippen LogP contribution in [0, 0.1) is 0 Å². The average molecular weight is 268 g/mol. The molecule has 0 amide bonds. The van der Waals surface area contributed by atoms with Gasteiger partial charge in [0.15, 0.2) is 11.6 Å². The summed E-state index contributed by atoms with van der Waals surface area (Å²) in [6.45, 7) is 4.07. The fourth-order valence-corrected chi connectivity index (χ4v) is 2.58. The van der Waals surface area contributed by atoms with Crippen molar-refractivity contribution in [1.82, 2.24) is 4.98 Å². The zero-order valence-electron chi connectivity index (χ0n) is 11.8. The van der Waals surface area contributed by atoms with Crippen LogP contribution >= 0.6 is 0 Å². The summed E-state index contributed by atoms with van der Waals surface area (Å²) in [7, 11) is 0. The van der Waals surface area contributed by atoms with Crippen LogP contribution in [-0.4, -0.2) is 24.2 Å². The molecule has 104 valence electrons. The van der Waals surface area contributed by atoms with Gasteiger partial charge in [0.25, 0.3) is 0 Å². The minimum Gasteiger partial charge on any atom is -0.485 e. The number of rotatable bonds is 4. The molecule has 0 N–H and O–H groups in total. The third kappa shape index (κ3) is 2.77. The monoisotopic (exact) mass is 268 g/mol. The van der Waals surface area contributed by atoms with Gasteiger partial charge in [-0.15, -0.1) is 0 Å². The van der Waals surface area contributed by atoms with Crippen molar-refractivity contribution in [3.63, 3.8) is 0 Å².